The lowest BCUT2D eigenvalue weighted by atomic mass is 9.85. The van der Waals surface area contributed by atoms with Crippen LogP contribution < -0.4 is 0 Å². The Labute approximate surface area is 290 Å². The van der Waals surface area contributed by atoms with E-state index in [0.717, 1.165) is 60.2 Å². The molecular weight excluding hydrogens is 556 g/mol. The van der Waals surface area contributed by atoms with Crippen LogP contribution in [-0.4, -0.2) is 6.29 Å². The summed E-state index contributed by atoms with van der Waals surface area (Å²) in [6, 6.07) is 6.86. The molecule has 0 fully saturated rings. The third-order valence-electron chi connectivity index (χ3n) is 11.3. The molecule has 0 spiro atoms. The molecule has 0 aliphatic carbocycles. The van der Waals surface area contributed by atoms with Crippen molar-refractivity contribution in [1.29, 1.82) is 0 Å². The van der Waals surface area contributed by atoms with Crippen molar-refractivity contribution in [3.8, 4) is 0 Å². The number of unbranched alkanes of at least 4 members (excludes halogenated alkanes) is 2. The molecule has 1 heteroatoms. The molecule has 0 heterocycles. The number of aldehydes is 1. The molecule has 1 aromatic rings. The lowest BCUT2D eigenvalue weighted by molar-refractivity contribution is 0.112. The molecule has 268 valence electrons. The minimum Gasteiger partial charge on any atom is -0.298 e. The normalized spacial score (nSPS) is 15.7. The van der Waals surface area contributed by atoms with Gasteiger partial charge in [-0.3, -0.25) is 4.79 Å². The van der Waals surface area contributed by atoms with Gasteiger partial charge in [-0.2, -0.15) is 0 Å². The molecule has 0 saturated carbocycles. The Morgan fingerprint density at radius 3 is 1.13 bits per heavy atom. The molecule has 1 aromatic carbocycles. The van der Waals surface area contributed by atoms with E-state index in [1.54, 1.807) is 0 Å². The minimum atomic E-state index is 0.818. The van der Waals surface area contributed by atoms with E-state index < -0.39 is 0 Å². The van der Waals surface area contributed by atoms with Gasteiger partial charge in [-0.15, -0.1) is 0 Å². The molecule has 0 saturated heterocycles. The number of carbonyl (C=O) groups is 1. The Morgan fingerprint density at radius 1 is 0.435 bits per heavy atom. The highest BCUT2D eigenvalue weighted by molar-refractivity contribution is 5.75. The summed E-state index contributed by atoms with van der Waals surface area (Å²) in [7, 11) is 0. The van der Waals surface area contributed by atoms with Gasteiger partial charge in [-0.1, -0.05) is 190 Å². The largest absolute Gasteiger partial charge is 0.298 e. The molecule has 0 amide bonds. The second-order valence-electron chi connectivity index (χ2n) is 16.3. The molecule has 1 nitrogen and oxygen atoms in total. The maximum atomic E-state index is 12.0. The summed E-state index contributed by atoms with van der Waals surface area (Å²) in [5, 5.41) is 0. The molecule has 46 heavy (non-hydrogen) atoms. The summed E-state index contributed by atoms with van der Waals surface area (Å²) in [5.41, 5.74) is 3.70. The predicted octanol–water partition coefficient (Wildman–Crippen LogP) is 15.0. The van der Waals surface area contributed by atoms with Crippen molar-refractivity contribution in [3.05, 3.63) is 34.9 Å². The average Bonchev–Trinajstić information content (AvgIpc) is 3.03. The second kappa shape index (κ2) is 27.8. The number of hydrogen-bond acceptors (Lipinski definition) is 1. The summed E-state index contributed by atoms with van der Waals surface area (Å²) >= 11 is 0. The molecule has 1 rings (SSSR count). The molecule has 6 atom stereocenters. The van der Waals surface area contributed by atoms with Crippen molar-refractivity contribution < 1.29 is 4.79 Å². The standard InChI is InChI=1S/C45H82O/c1-9-17-37(5)21-13-15-23-41(27-25-39(7)19-11-3)29-31-43-33-44(35-45(34-43)36-46)32-30-42(28-26-40(8)20-12-4)24-16-14-22-38(6)18-10-2/h33-42H,9-32H2,1-8H3. The highest BCUT2D eigenvalue weighted by atomic mass is 16.1. The monoisotopic (exact) mass is 639 g/mol. The summed E-state index contributed by atoms with van der Waals surface area (Å²) in [5.74, 6) is 5.09. The van der Waals surface area contributed by atoms with Crippen LogP contribution in [0.15, 0.2) is 18.2 Å². The zero-order chi connectivity index (χ0) is 34.0. The first-order valence-corrected chi connectivity index (χ1v) is 20.8. The SMILES string of the molecule is CCCC(C)CCCCC(CCc1cc(C=O)cc(CCC(CCCCC(C)CCC)CCC(C)CCC)c1)CCC(C)CCC. The second-order valence-corrected chi connectivity index (χ2v) is 16.3. The molecule has 0 aromatic heterocycles. The van der Waals surface area contributed by atoms with Crippen LogP contribution in [0.1, 0.15) is 218 Å². The van der Waals surface area contributed by atoms with Crippen LogP contribution in [-0.2, 0) is 12.8 Å². The molecular formula is C45H82O. The van der Waals surface area contributed by atoms with Gasteiger partial charge in [-0.25, -0.2) is 0 Å². The van der Waals surface area contributed by atoms with Crippen LogP contribution in [0.5, 0.6) is 0 Å². The zero-order valence-electron chi connectivity index (χ0n) is 32.7. The Bertz CT molecular complexity index is 779. The average molecular weight is 639 g/mol. The maximum Gasteiger partial charge on any atom is 0.150 e. The van der Waals surface area contributed by atoms with Gasteiger partial charge in [0, 0.05) is 5.56 Å². The van der Waals surface area contributed by atoms with E-state index in [4.69, 9.17) is 0 Å². The van der Waals surface area contributed by atoms with Crippen molar-refractivity contribution >= 4 is 6.29 Å². The van der Waals surface area contributed by atoms with E-state index in [1.807, 2.05) is 0 Å². The first-order valence-electron chi connectivity index (χ1n) is 20.8. The molecule has 0 aliphatic rings. The van der Waals surface area contributed by atoms with Crippen LogP contribution in [0.3, 0.4) is 0 Å². The quantitative estimate of drug-likeness (QED) is 0.0584. The van der Waals surface area contributed by atoms with Gasteiger partial charge in [0.1, 0.15) is 6.29 Å². The van der Waals surface area contributed by atoms with Gasteiger partial charge in [-0.05, 0) is 84.5 Å². The van der Waals surface area contributed by atoms with Crippen molar-refractivity contribution in [1.82, 2.24) is 0 Å². The summed E-state index contributed by atoms with van der Waals surface area (Å²) in [6.07, 6.45) is 33.2. The lowest BCUT2D eigenvalue weighted by Crippen LogP contribution is -2.08. The minimum absolute atomic E-state index is 0.818. The summed E-state index contributed by atoms with van der Waals surface area (Å²) in [4.78, 5) is 12.0. The number of rotatable bonds is 31. The number of carbonyl (C=O) groups excluding carboxylic acids is 1. The molecule has 0 N–H and O–H groups in total. The summed E-state index contributed by atoms with van der Waals surface area (Å²) < 4.78 is 0. The van der Waals surface area contributed by atoms with Gasteiger partial charge in [0.05, 0.1) is 0 Å². The number of aryl methyl sites for hydroxylation is 2. The van der Waals surface area contributed by atoms with Crippen molar-refractivity contribution in [2.24, 2.45) is 35.5 Å². The Kier molecular flexibility index (Phi) is 25.9. The summed E-state index contributed by atoms with van der Waals surface area (Å²) in [6.45, 7) is 19.1. The van der Waals surface area contributed by atoms with Gasteiger partial charge < -0.3 is 0 Å². The van der Waals surface area contributed by atoms with Crippen LogP contribution in [0.2, 0.25) is 0 Å². The van der Waals surface area contributed by atoms with Gasteiger partial charge in [0.15, 0.2) is 0 Å². The third-order valence-corrected chi connectivity index (χ3v) is 11.3. The van der Waals surface area contributed by atoms with E-state index in [2.05, 4.69) is 73.6 Å². The number of benzene rings is 1. The lowest BCUT2D eigenvalue weighted by Gasteiger charge is -2.21. The van der Waals surface area contributed by atoms with E-state index in [-0.39, 0.29) is 0 Å². The molecule has 0 bridgehead atoms. The van der Waals surface area contributed by atoms with Crippen LogP contribution >= 0.6 is 0 Å². The van der Waals surface area contributed by atoms with Crippen molar-refractivity contribution in [2.75, 3.05) is 0 Å². The van der Waals surface area contributed by atoms with Crippen molar-refractivity contribution in [2.45, 2.75) is 209 Å². The van der Waals surface area contributed by atoms with Crippen LogP contribution in [0.25, 0.3) is 0 Å². The number of hydrogen-bond donors (Lipinski definition) is 0. The smallest absolute Gasteiger partial charge is 0.150 e. The molecule has 0 radical (unpaired) electrons. The highest BCUT2D eigenvalue weighted by Crippen LogP contribution is 2.29. The highest BCUT2D eigenvalue weighted by Gasteiger charge is 2.15. The fourth-order valence-electron chi connectivity index (χ4n) is 8.20. The third kappa shape index (κ3) is 21.7. The Morgan fingerprint density at radius 2 is 0.783 bits per heavy atom. The predicted molar refractivity (Wildman–Crippen MR) is 207 cm³/mol. The van der Waals surface area contributed by atoms with E-state index in [1.165, 1.54) is 152 Å². The molecule has 6 unspecified atom stereocenters. The molecule has 0 aliphatic heterocycles. The van der Waals surface area contributed by atoms with E-state index >= 15 is 0 Å². The first-order chi connectivity index (χ1) is 22.2. The van der Waals surface area contributed by atoms with E-state index in [0.29, 0.717) is 0 Å². The Hall–Kier alpha value is -1.11. The van der Waals surface area contributed by atoms with Crippen LogP contribution in [0, 0.1) is 35.5 Å². The van der Waals surface area contributed by atoms with Gasteiger partial charge >= 0.3 is 0 Å². The van der Waals surface area contributed by atoms with Gasteiger partial charge in [0.2, 0.25) is 0 Å². The van der Waals surface area contributed by atoms with Crippen LogP contribution in [0.4, 0.5) is 0 Å². The fraction of sp³-hybridized carbons (Fsp3) is 0.844. The zero-order valence-corrected chi connectivity index (χ0v) is 32.7. The van der Waals surface area contributed by atoms with Crippen molar-refractivity contribution in [3.63, 3.8) is 0 Å². The first kappa shape index (κ1) is 42.9. The fourth-order valence-corrected chi connectivity index (χ4v) is 8.20. The topological polar surface area (TPSA) is 17.1 Å². The maximum absolute atomic E-state index is 12.0. The van der Waals surface area contributed by atoms with E-state index in [9.17, 15) is 4.79 Å². The van der Waals surface area contributed by atoms with Gasteiger partial charge in [0.25, 0.3) is 0 Å². The Balaban J connectivity index is 2.84.